The maximum absolute atomic E-state index is 11.9. The summed E-state index contributed by atoms with van der Waals surface area (Å²) in [7, 11) is 0. The molecule has 1 aliphatic heterocycles. The first-order valence-electron chi connectivity index (χ1n) is 8.91. The number of hydrogen-bond acceptors (Lipinski definition) is 2. The minimum Gasteiger partial charge on any atom is -0.352 e. The van der Waals surface area contributed by atoms with Crippen molar-refractivity contribution in [2.75, 3.05) is 6.54 Å². The third-order valence-corrected chi connectivity index (χ3v) is 5.65. The van der Waals surface area contributed by atoms with Crippen LogP contribution in [-0.2, 0) is 12.8 Å². The van der Waals surface area contributed by atoms with Gasteiger partial charge in [0.25, 0.3) is 5.91 Å². The molecule has 1 saturated carbocycles. The zero-order valence-electron chi connectivity index (χ0n) is 13.6. The fourth-order valence-electron chi connectivity index (χ4n) is 4.03. The molecule has 0 radical (unpaired) electrons. The van der Waals surface area contributed by atoms with Gasteiger partial charge in [-0.25, -0.2) is 0 Å². The molecular formula is C21H20N2O. The molecule has 120 valence electrons. The van der Waals surface area contributed by atoms with E-state index in [0.717, 1.165) is 30.5 Å². The smallest absolute Gasteiger partial charge is 0.251 e. The van der Waals surface area contributed by atoms with Crippen molar-refractivity contribution in [3.63, 3.8) is 0 Å². The average Bonchev–Trinajstić information content (AvgIpc) is 2.96. The van der Waals surface area contributed by atoms with Crippen LogP contribution in [0.3, 0.4) is 0 Å². The maximum Gasteiger partial charge on any atom is 0.251 e. The molecule has 2 heterocycles. The van der Waals surface area contributed by atoms with Gasteiger partial charge in [-0.3, -0.25) is 9.78 Å². The van der Waals surface area contributed by atoms with Gasteiger partial charge in [0.1, 0.15) is 0 Å². The molecule has 3 nitrogen and oxygen atoms in total. The number of fused-ring (bicyclic) bond motifs is 2. The van der Waals surface area contributed by atoms with Gasteiger partial charge in [-0.2, -0.15) is 0 Å². The monoisotopic (exact) mass is 316 g/mol. The van der Waals surface area contributed by atoms with Gasteiger partial charge >= 0.3 is 0 Å². The van der Waals surface area contributed by atoms with E-state index >= 15 is 0 Å². The molecule has 2 aliphatic carbocycles. The second kappa shape index (κ2) is 5.30. The fraction of sp³-hybridized carbons (Fsp3) is 0.333. The fourth-order valence-corrected chi connectivity index (χ4v) is 4.03. The average molecular weight is 316 g/mol. The van der Waals surface area contributed by atoms with E-state index in [1.807, 2.05) is 6.07 Å². The number of aromatic nitrogens is 1. The molecule has 1 amide bonds. The molecule has 2 aromatic rings. The molecule has 1 aromatic carbocycles. The molecule has 3 aliphatic rings. The molecule has 24 heavy (non-hydrogen) atoms. The number of benzene rings is 1. The second-order valence-electron chi connectivity index (χ2n) is 7.06. The van der Waals surface area contributed by atoms with Crippen LogP contribution < -0.4 is 5.32 Å². The number of allylic oxidation sites excluding steroid dienone is 1. The summed E-state index contributed by atoms with van der Waals surface area (Å²) in [6.07, 6.45) is 8.04. The van der Waals surface area contributed by atoms with Gasteiger partial charge in [0.2, 0.25) is 0 Å². The number of amides is 1. The van der Waals surface area contributed by atoms with E-state index < -0.39 is 0 Å². The molecule has 0 unspecified atom stereocenters. The van der Waals surface area contributed by atoms with Crippen LogP contribution in [0.4, 0.5) is 0 Å². The Kier molecular flexibility index (Phi) is 3.09. The van der Waals surface area contributed by atoms with Crippen LogP contribution in [0, 0.1) is 0 Å². The minimum absolute atomic E-state index is 0.0513. The van der Waals surface area contributed by atoms with E-state index in [0.29, 0.717) is 5.92 Å². The third kappa shape index (κ3) is 2.11. The summed E-state index contributed by atoms with van der Waals surface area (Å²) in [6, 6.07) is 10.7. The van der Waals surface area contributed by atoms with Gasteiger partial charge in [-0.1, -0.05) is 30.7 Å². The molecule has 5 rings (SSSR count). The lowest BCUT2D eigenvalue weighted by Gasteiger charge is -2.25. The van der Waals surface area contributed by atoms with E-state index in [-0.39, 0.29) is 5.91 Å². The minimum atomic E-state index is 0.0513. The number of carbonyl (C=O) groups is 1. The largest absolute Gasteiger partial charge is 0.352 e. The summed E-state index contributed by atoms with van der Waals surface area (Å²) in [5.41, 5.74) is 8.21. The van der Waals surface area contributed by atoms with Gasteiger partial charge in [-0.05, 0) is 48.1 Å². The molecule has 0 bridgehead atoms. The first-order valence-corrected chi connectivity index (χ1v) is 8.91. The highest BCUT2D eigenvalue weighted by atomic mass is 16.1. The Hall–Kier alpha value is -2.42. The Morgan fingerprint density at radius 1 is 1.08 bits per heavy atom. The zero-order chi connectivity index (χ0) is 16.1. The van der Waals surface area contributed by atoms with E-state index in [4.69, 9.17) is 4.98 Å². The quantitative estimate of drug-likeness (QED) is 0.919. The van der Waals surface area contributed by atoms with Crippen LogP contribution in [-0.4, -0.2) is 17.4 Å². The van der Waals surface area contributed by atoms with Crippen LogP contribution in [0.5, 0.6) is 0 Å². The van der Waals surface area contributed by atoms with Crippen LogP contribution >= 0.6 is 0 Å². The first-order chi connectivity index (χ1) is 11.8. The summed E-state index contributed by atoms with van der Waals surface area (Å²) in [4.78, 5) is 16.9. The lowest BCUT2D eigenvalue weighted by Crippen LogP contribution is -2.31. The van der Waals surface area contributed by atoms with Crippen molar-refractivity contribution in [3.8, 4) is 0 Å². The molecule has 0 spiro atoms. The van der Waals surface area contributed by atoms with Crippen LogP contribution in [0.2, 0.25) is 0 Å². The Morgan fingerprint density at radius 3 is 2.79 bits per heavy atom. The standard InChI is InChI=1S/C21H20N2O/c24-21-17-5-4-14(12-15(17)10-11-22-21)16-6-9-20-18(16)7-8-19(23-20)13-2-1-3-13/h4-8,12-13H,1-3,9-11H2,(H,22,24). The number of rotatable bonds is 2. The SMILES string of the molecule is O=C1NCCc2cc(C3=CCc4nc(C5CCC5)ccc43)ccc21. The molecule has 0 saturated heterocycles. The Labute approximate surface area is 141 Å². The highest BCUT2D eigenvalue weighted by Crippen LogP contribution is 2.38. The van der Waals surface area contributed by atoms with Crippen molar-refractivity contribution in [3.05, 3.63) is 70.0 Å². The molecule has 1 N–H and O–H groups in total. The highest BCUT2D eigenvalue weighted by Gasteiger charge is 2.24. The summed E-state index contributed by atoms with van der Waals surface area (Å²) in [5.74, 6) is 0.733. The maximum atomic E-state index is 11.9. The molecule has 1 aromatic heterocycles. The topological polar surface area (TPSA) is 42.0 Å². The van der Waals surface area contributed by atoms with Crippen LogP contribution in [0.1, 0.15) is 63.6 Å². The van der Waals surface area contributed by atoms with Crippen LogP contribution in [0.15, 0.2) is 36.4 Å². The molecule has 3 heteroatoms. The summed E-state index contributed by atoms with van der Waals surface area (Å²) < 4.78 is 0. The van der Waals surface area contributed by atoms with Gasteiger partial charge in [0, 0.05) is 35.7 Å². The predicted molar refractivity (Wildman–Crippen MR) is 94.1 cm³/mol. The lowest BCUT2D eigenvalue weighted by molar-refractivity contribution is 0.0946. The summed E-state index contributed by atoms with van der Waals surface area (Å²) in [6.45, 7) is 0.733. The lowest BCUT2D eigenvalue weighted by atomic mass is 9.82. The van der Waals surface area contributed by atoms with E-state index in [9.17, 15) is 4.79 Å². The first kappa shape index (κ1) is 14.0. The number of nitrogens with zero attached hydrogens (tertiary/aromatic N) is 1. The normalized spacial score (nSPS) is 19.2. The van der Waals surface area contributed by atoms with Crippen molar-refractivity contribution in [2.45, 2.75) is 38.0 Å². The van der Waals surface area contributed by atoms with Crippen molar-refractivity contribution < 1.29 is 4.79 Å². The Morgan fingerprint density at radius 2 is 1.96 bits per heavy atom. The third-order valence-electron chi connectivity index (χ3n) is 5.65. The van der Waals surface area contributed by atoms with Crippen molar-refractivity contribution in [2.24, 2.45) is 0 Å². The van der Waals surface area contributed by atoms with Crippen LogP contribution in [0.25, 0.3) is 5.57 Å². The summed E-state index contributed by atoms with van der Waals surface area (Å²) in [5, 5.41) is 2.91. The van der Waals surface area contributed by atoms with Gasteiger partial charge in [0.15, 0.2) is 0 Å². The Bertz CT molecular complexity index is 877. The number of nitrogens with one attached hydrogen (secondary N) is 1. The van der Waals surface area contributed by atoms with Gasteiger partial charge in [0.05, 0.1) is 5.69 Å². The number of pyridine rings is 1. The van der Waals surface area contributed by atoms with Gasteiger partial charge in [-0.15, -0.1) is 0 Å². The second-order valence-corrected chi connectivity index (χ2v) is 7.06. The van der Waals surface area contributed by atoms with E-state index in [2.05, 4.69) is 35.7 Å². The predicted octanol–water partition coefficient (Wildman–Crippen LogP) is 3.62. The molecule has 0 atom stereocenters. The Balaban J connectivity index is 1.50. The number of hydrogen-bond donors (Lipinski definition) is 1. The van der Waals surface area contributed by atoms with Crippen molar-refractivity contribution >= 4 is 11.5 Å². The zero-order valence-corrected chi connectivity index (χ0v) is 13.6. The molecule has 1 fully saturated rings. The van der Waals surface area contributed by atoms with Crippen molar-refractivity contribution in [1.82, 2.24) is 10.3 Å². The van der Waals surface area contributed by atoms with E-state index in [1.54, 1.807) is 0 Å². The van der Waals surface area contributed by atoms with Crippen molar-refractivity contribution in [1.29, 1.82) is 0 Å². The van der Waals surface area contributed by atoms with Gasteiger partial charge < -0.3 is 5.32 Å². The number of carbonyl (C=O) groups excluding carboxylic acids is 1. The molecular weight excluding hydrogens is 296 g/mol. The van der Waals surface area contributed by atoms with E-state index in [1.165, 1.54) is 47.4 Å². The summed E-state index contributed by atoms with van der Waals surface area (Å²) >= 11 is 0. The highest BCUT2D eigenvalue weighted by molar-refractivity contribution is 5.97.